The summed E-state index contributed by atoms with van der Waals surface area (Å²) in [5, 5.41) is 8.17. The largest absolute Gasteiger partial charge is 0.406 e. The zero-order valence-corrected chi connectivity index (χ0v) is 18.9. The lowest BCUT2D eigenvalue weighted by atomic mass is 10.0. The number of rotatable bonds is 5. The summed E-state index contributed by atoms with van der Waals surface area (Å²) in [4.78, 5) is 22.0. The number of hydrogen-bond donors (Lipinski definition) is 0. The van der Waals surface area contributed by atoms with E-state index in [0.29, 0.717) is 17.0 Å². The van der Waals surface area contributed by atoms with Crippen molar-refractivity contribution in [3.8, 4) is 11.3 Å². The van der Waals surface area contributed by atoms with Gasteiger partial charge in [0, 0.05) is 29.4 Å². The Kier molecular flexibility index (Phi) is 6.21. The minimum Gasteiger partial charge on any atom is -0.301 e. The van der Waals surface area contributed by atoms with Crippen LogP contribution in [0.5, 0.6) is 0 Å². The van der Waals surface area contributed by atoms with Crippen LogP contribution in [-0.4, -0.2) is 43.6 Å². The van der Waals surface area contributed by atoms with Crippen molar-refractivity contribution in [2.75, 3.05) is 11.4 Å². The number of aromatic nitrogens is 5. The van der Waals surface area contributed by atoms with E-state index in [2.05, 4.69) is 20.3 Å². The lowest BCUT2D eigenvalue weighted by molar-refractivity contribution is -0.134. The van der Waals surface area contributed by atoms with E-state index in [1.807, 2.05) is 30.3 Å². The van der Waals surface area contributed by atoms with E-state index in [4.69, 9.17) is 0 Å². The molecule has 2 aromatic carbocycles. The fourth-order valence-corrected chi connectivity index (χ4v) is 4.33. The Hall–Kier alpha value is -4.15. The van der Waals surface area contributed by atoms with Crippen LogP contribution in [0.3, 0.4) is 0 Å². The van der Waals surface area contributed by atoms with Gasteiger partial charge >= 0.3 is 6.18 Å². The molecule has 0 N–H and O–H groups in total. The van der Waals surface area contributed by atoms with Crippen molar-refractivity contribution in [1.29, 1.82) is 0 Å². The summed E-state index contributed by atoms with van der Waals surface area (Å²) in [5.41, 5.74) is 3.10. The normalized spacial score (nSPS) is 16.1. The number of hydrogen-bond acceptors (Lipinski definition) is 5. The van der Waals surface area contributed by atoms with Crippen molar-refractivity contribution in [3.63, 3.8) is 0 Å². The van der Waals surface area contributed by atoms with Gasteiger partial charge in [-0.1, -0.05) is 35.5 Å². The number of benzene rings is 2. The molecule has 2 aromatic heterocycles. The topological polar surface area (TPSA) is 76.8 Å². The Balaban J connectivity index is 1.40. The lowest BCUT2D eigenvalue weighted by Gasteiger charge is -2.26. The van der Waals surface area contributed by atoms with E-state index in [1.54, 1.807) is 6.20 Å². The van der Waals surface area contributed by atoms with Gasteiger partial charge in [0.05, 0.1) is 11.9 Å². The molecule has 1 atom stereocenters. The third-order valence-corrected chi connectivity index (χ3v) is 6.05. The number of carbonyl (C=O) groups excluding carboxylic acids is 1. The van der Waals surface area contributed by atoms with Crippen LogP contribution < -0.4 is 4.90 Å². The molecule has 0 fully saturated rings. The molecule has 3 heterocycles. The van der Waals surface area contributed by atoms with Crippen LogP contribution >= 0.6 is 0 Å². The van der Waals surface area contributed by atoms with Crippen molar-refractivity contribution >= 4 is 11.6 Å². The molecule has 0 saturated heterocycles. The summed E-state index contributed by atoms with van der Waals surface area (Å²) in [6.07, 6.45) is 0.821. The van der Waals surface area contributed by atoms with E-state index in [9.17, 15) is 22.4 Å². The Morgan fingerprint density at radius 2 is 1.86 bits per heavy atom. The quantitative estimate of drug-likeness (QED) is 0.379. The molecule has 4 aromatic rings. The van der Waals surface area contributed by atoms with Crippen molar-refractivity contribution in [2.45, 2.75) is 31.5 Å². The predicted octanol–water partition coefficient (Wildman–Crippen LogP) is 4.55. The van der Waals surface area contributed by atoms with Crippen LogP contribution in [0.4, 0.5) is 23.2 Å². The Morgan fingerprint density at radius 3 is 2.58 bits per heavy atom. The number of carbonyl (C=O) groups is 1. The fourth-order valence-electron chi connectivity index (χ4n) is 4.33. The zero-order chi connectivity index (χ0) is 25.3. The smallest absolute Gasteiger partial charge is 0.301 e. The second-order valence-corrected chi connectivity index (χ2v) is 8.49. The van der Waals surface area contributed by atoms with Gasteiger partial charge in [-0.2, -0.15) is 13.2 Å². The molecular weight excluding hydrogens is 476 g/mol. The molecule has 0 radical (unpaired) electrons. The van der Waals surface area contributed by atoms with E-state index in [0.717, 1.165) is 16.8 Å². The van der Waals surface area contributed by atoms with Crippen molar-refractivity contribution in [3.05, 3.63) is 89.9 Å². The van der Waals surface area contributed by atoms with Gasteiger partial charge in [-0.15, -0.1) is 5.10 Å². The standard InChI is InChI=1S/C25H20F4N6O/c26-20-2-1-3-22-19(20)8-9-23(24(36)34(22)14-25(27,28)29)35-13-21(32-33-35)17-6-4-16(5-7-17)12-18-10-11-30-15-31-18/h1-7,10-11,13,15,23H,8-9,12,14H2. The van der Waals surface area contributed by atoms with Crippen LogP contribution in [0, 0.1) is 5.82 Å². The first kappa shape index (κ1) is 23.6. The monoisotopic (exact) mass is 496 g/mol. The molecule has 0 aliphatic carbocycles. The van der Waals surface area contributed by atoms with Crippen molar-refractivity contribution in [1.82, 2.24) is 25.0 Å². The van der Waals surface area contributed by atoms with Crippen molar-refractivity contribution < 1.29 is 22.4 Å². The lowest BCUT2D eigenvalue weighted by Crippen LogP contribution is -2.42. The van der Waals surface area contributed by atoms with Gasteiger partial charge in [-0.05, 0) is 36.6 Å². The molecule has 1 unspecified atom stereocenters. The highest BCUT2D eigenvalue weighted by atomic mass is 19.4. The molecular formula is C25H20F4N6O. The molecule has 1 amide bonds. The molecule has 5 rings (SSSR count). The minimum atomic E-state index is -4.66. The summed E-state index contributed by atoms with van der Waals surface area (Å²) in [5.74, 6) is -1.46. The highest BCUT2D eigenvalue weighted by Gasteiger charge is 2.40. The van der Waals surface area contributed by atoms with E-state index >= 15 is 0 Å². The van der Waals surface area contributed by atoms with Gasteiger partial charge in [0.2, 0.25) is 0 Å². The maximum absolute atomic E-state index is 14.4. The number of halogens is 4. The second-order valence-electron chi connectivity index (χ2n) is 8.49. The fraction of sp³-hybridized carbons (Fsp3) is 0.240. The summed E-state index contributed by atoms with van der Waals surface area (Å²) >= 11 is 0. The molecule has 7 nitrogen and oxygen atoms in total. The highest BCUT2D eigenvalue weighted by Crippen LogP contribution is 2.35. The number of fused-ring (bicyclic) bond motifs is 1. The van der Waals surface area contributed by atoms with E-state index < -0.39 is 30.5 Å². The first-order valence-electron chi connectivity index (χ1n) is 11.2. The molecule has 0 saturated carbocycles. The summed E-state index contributed by atoms with van der Waals surface area (Å²) < 4.78 is 55.7. The van der Waals surface area contributed by atoms with Gasteiger partial charge in [0.15, 0.2) is 0 Å². The zero-order valence-electron chi connectivity index (χ0n) is 18.9. The second kappa shape index (κ2) is 9.48. The highest BCUT2D eigenvalue weighted by molar-refractivity contribution is 5.97. The number of nitrogens with zero attached hydrogens (tertiary/aromatic N) is 6. The number of alkyl halides is 3. The van der Waals surface area contributed by atoms with E-state index in [1.165, 1.54) is 35.4 Å². The van der Waals surface area contributed by atoms with Gasteiger partial charge in [0.1, 0.15) is 30.4 Å². The molecule has 0 bridgehead atoms. The van der Waals surface area contributed by atoms with Crippen LogP contribution in [-0.2, 0) is 17.6 Å². The molecule has 1 aliphatic rings. The number of amides is 1. The van der Waals surface area contributed by atoms with Crippen molar-refractivity contribution in [2.24, 2.45) is 0 Å². The van der Waals surface area contributed by atoms with Gasteiger partial charge in [0.25, 0.3) is 5.91 Å². The maximum atomic E-state index is 14.4. The Labute approximate surface area is 203 Å². The molecule has 1 aliphatic heterocycles. The predicted molar refractivity (Wildman–Crippen MR) is 122 cm³/mol. The van der Waals surface area contributed by atoms with E-state index in [-0.39, 0.29) is 24.1 Å². The molecule has 0 spiro atoms. The molecule has 36 heavy (non-hydrogen) atoms. The molecule has 184 valence electrons. The maximum Gasteiger partial charge on any atom is 0.406 e. The first-order valence-corrected chi connectivity index (χ1v) is 11.2. The number of anilines is 1. The average molecular weight is 496 g/mol. The van der Waals surface area contributed by atoms with Gasteiger partial charge in [-0.25, -0.2) is 19.0 Å². The minimum absolute atomic E-state index is 0.0700. The molecule has 11 heteroatoms. The van der Waals surface area contributed by atoms with Crippen LogP contribution in [0.2, 0.25) is 0 Å². The summed E-state index contributed by atoms with van der Waals surface area (Å²) in [6, 6.07) is 12.1. The van der Waals surface area contributed by atoms with Gasteiger partial charge < -0.3 is 4.90 Å². The van der Waals surface area contributed by atoms with Crippen LogP contribution in [0.1, 0.15) is 29.3 Å². The van der Waals surface area contributed by atoms with Gasteiger partial charge in [-0.3, -0.25) is 4.79 Å². The first-order chi connectivity index (χ1) is 17.3. The SMILES string of the molecule is O=C1C(n2cc(-c3ccc(Cc4ccncn4)cc3)nn2)CCc2c(F)cccc2N1CC(F)(F)F. The van der Waals surface area contributed by atoms with Crippen LogP contribution in [0.25, 0.3) is 11.3 Å². The summed E-state index contributed by atoms with van der Waals surface area (Å²) in [6.45, 7) is -1.52. The summed E-state index contributed by atoms with van der Waals surface area (Å²) in [7, 11) is 0. The third kappa shape index (κ3) is 4.95. The average Bonchev–Trinajstić information content (AvgIpc) is 3.29. The Bertz CT molecular complexity index is 1370. The van der Waals surface area contributed by atoms with Crippen LogP contribution in [0.15, 0.2) is 67.3 Å². The third-order valence-electron chi connectivity index (χ3n) is 6.05. The Morgan fingerprint density at radius 1 is 1.06 bits per heavy atom.